The van der Waals surface area contributed by atoms with Gasteiger partial charge in [-0.15, -0.1) is 0 Å². The second-order valence-corrected chi connectivity index (χ2v) is 8.09. The maximum Gasteiger partial charge on any atom is 0.255 e. The summed E-state index contributed by atoms with van der Waals surface area (Å²) in [5.74, 6) is -0.618. The largest absolute Gasteiger partial charge is 0.482 e. The number of rotatable bonds is 6. The van der Waals surface area contributed by atoms with E-state index in [0.717, 1.165) is 11.6 Å². The topological polar surface area (TPSA) is 63.0 Å². The lowest BCUT2D eigenvalue weighted by atomic mass is 10.1. The Labute approximate surface area is 193 Å². The zero-order valence-electron chi connectivity index (χ0n) is 17.6. The van der Waals surface area contributed by atoms with Gasteiger partial charge in [0.15, 0.2) is 0 Å². The molecule has 9 heteroatoms. The van der Waals surface area contributed by atoms with Crippen molar-refractivity contribution in [3.63, 3.8) is 0 Å². The lowest BCUT2D eigenvalue weighted by molar-refractivity contribution is 0.0619. The lowest BCUT2D eigenvalue weighted by Crippen LogP contribution is -2.48. The first-order valence-corrected chi connectivity index (χ1v) is 10.7. The third-order valence-electron chi connectivity index (χ3n) is 5.36. The third kappa shape index (κ3) is 5.77. The summed E-state index contributed by atoms with van der Waals surface area (Å²) in [5.41, 5.74) is 0.562. The molecule has 6 nitrogen and oxygen atoms in total. The number of carbonyl (C=O) groups is 1. The molecule has 1 saturated heterocycles. The van der Waals surface area contributed by atoms with Crippen molar-refractivity contribution in [3.8, 4) is 5.75 Å². The van der Waals surface area contributed by atoms with Crippen LogP contribution in [0.15, 0.2) is 64.0 Å². The molecule has 0 unspecified atom stereocenters. The smallest absolute Gasteiger partial charge is 0.255 e. The highest BCUT2D eigenvalue weighted by molar-refractivity contribution is 6.33. The van der Waals surface area contributed by atoms with Gasteiger partial charge in [0.1, 0.15) is 30.3 Å². The molecule has 0 atom stereocenters. The first-order chi connectivity index (χ1) is 15.9. The highest BCUT2D eigenvalue weighted by Gasteiger charge is 2.24. The van der Waals surface area contributed by atoms with Crippen LogP contribution in [0.3, 0.4) is 0 Å². The van der Waals surface area contributed by atoms with Crippen molar-refractivity contribution < 1.29 is 22.7 Å². The summed E-state index contributed by atoms with van der Waals surface area (Å²) in [4.78, 5) is 28.7. The van der Waals surface area contributed by atoms with E-state index in [-0.39, 0.29) is 40.1 Å². The van der Waals surface area contributed by atoms with E-state index in [1.165, 1.54) is 36.6 Å². The van der Waals surface area contributed by atoms with Crippen LogP contribution in [-0.4, -0.2) is 41.9 Å². The number of hydrogen-bond acceptors (Lipinski definition) is 5. The molecule has 0 bridgehead atoms. The summed E-state index contributed by atoms with van der Waals surface area (Å²) in [5, 5.41) is 0.215. The molecule has 172 valence electrons. The monoisotopic (exact) mass is 474 g/mol. The minimum atomic E-state index is -0.512. The third-order valence-corrected chi connectivity index (χ3v) is 5.69. The van der Waals surface area contributed by atoms with Crippen molar-refractivity contribution in [2.45, 2.75) is 13.2 Å². The summed E-state index contributed by atoms with van der Waals surface area (Å²) >= 11 is 6.05. The van der Waals surface area contributed by atoms with E-state index in [1.54, 1.807) is 17.0 Å². The maximum absolute atomic E-state index is 13.5. The molecule has 1 amide bonds. The van der Waals surface area contributed by atoms with Gasteiger partial charge in [0, 0.05) is 32.2 Å². The van der Waals surface area contributed by atoms with E-state index >= 15 is 0 Å². The Hall–Kier alpha value is -3.23. The van der Waals surface area contributed by atoms with Gasteiger partial charge in [-0.05, 0) is 35.9 Å². The Bertz CT molecular complexity index is 1190. The van der Waals surface area contributed by atoms with E-state index in [4.69, 9.17) is 20.8 Å². The predicted molar refractivity (Wildman–Crippen MR) is 118 cm³/mol. The average Bonchev–Trinajstić information content (AvgIpc) is 2.81. The molecule has 3 aromatic rings. The van der Waals surface area contributed by atoms with Crippen LogP contribution in [0.4, 0.5) is 8.78 Å². The van der Waals surface area contributed by atoms with E-state index < -0.39 is 5.82 Å². The van der Waals surface area contributed by atoms with Gasteiger partial charge in [-0.25, -0.2) is 8.78 Å². The number of piperazine rings is 1. The van der Waals surface area contributed by atoms with Crippen LogP contribution in [0.2, 0.25) is 5.02 Å². The predicted octanol–water partition coefficient (Wildman–Crippen LogP) is 4.11. The number of carbonyl (C=O) groups excluding carboxylic acids is 1. The zero-order valence-corrected chi connectivity index (χ0v) is 18.4. The van der Waals surface area contributed by atoms with Crippen molar-refractivity contribution in [1.29, 1.82) is 0 Å². The lowest BCUT2D eigenvalue weighted by Gasteiger charge is -2.34. The molecule has 4 rings (SSSR count). The average molecular weight is 475 g/mol. The highest BCUT2D eigenvalue weighted by atomic mass is 35.5. The van der Waals surface area contributed by atoms with Crippen LogP contribution in [0, 0.1) is 11.6 Å². The summed E-state index contributed by atoms with van der Waals surface area (Å²) in [7, 11) is 0. The Morgan fingerprint density at radius 3 is 2.39 bits per heavy atom. The summed E-state index contributed by atoms with van der Waals surface area (Å²) in [6.07, 6.45) is 1.27. The second-order valence-electron chi connectivity index (χ2n) is 7.68. The fourth-order valence-electron chi connectivity index (χ4n) is 3.53. The van der Waals surface area contributed by atoms with Gasteiger partial charge in [-0.2, -0.15) is 0 Å². The van der Waals surface area contributed by atoms with Gasteiger partial charge in [-0.1, -0.05) is 23.7 Å². The van der Waals surface area contributed by atoms with Crippen LogP contribution in [0.25, 0.3) is 0 Å². The Kier molecular flexibility index (Phi) is 7.05. The number of hydrogen-bond donors (Lipinski definition) is 0. The SMILES string of the molecule is O=C(c1cc(F)ccc1Cl)N1CCN(Cc2cc(=O)c(OCc3ccc(F)cc3)co2)CC1. The van der Waals surface area contributed by atoms with Crippen LogP contribution < -0.4 is 10.2 Å². The molecule has 2 heterocycles. The Morgan fingerprint density at radius 2 is 1.70 bits per heavy atom. The van der Waals surface area contributed by atoms with Crippen molar-refractivity contribution in [1.82, 2.24) is 9.80 Å². The normalized spacial score (nSPS) is 14.3. The van der Waals surface area contributed by atoms with E-state index in [9.17, 15) is 18.4 Å². The molecule has 0 spiro atoms. The van der Waals surface area contributed by atoms with Gasteiger partial charge in [0.2, 0.25) is 11.2 Å². The van der Waals surface area contributed by atoms with Crippen molar-refractivity contribution in [2.75, 3.05) is 26.2 Å². The van der Waals surface area contributed by atoms with Gasteiger partial charge < -0.3 is 14.1 Å². The molecule has 0 N–H and O–H groups in total. The molecule has 1 aliphatic heterocycles. The molecular formula is C24H21ClF2N2O4. The second kappa shape index (κ2) is 10.1. The molecule has 1 aromatic heterocycles. The van der Waals surface area contributed by atoms with Gasteiger partial charge >= 0.3 is 0 Å². The summed E-state index contributed by atoms with van der Waals surface area (Å²) < 4.78 is 37.5. The number of benzene rings is 2. The standard InChI is InChI=1S/C24H21ClF2N2O4/c25-21-6-5-18(27)11-20(21)24(31)29-9-7-28(8-10-29)13-19-12-22(30)23(15-32-19)33-14-16-1-3-17(26)4-2-16/h1-6,11-12,15H,7-10,13-14H2. The van der Waals surface area contributed by atoms with Crippen LogP contribution in [-0.2, 0) is 13.2 Å². The number of halogens is 3. The van der Waals surface area contributed by atoms with Crippen molar-refractivity contribution >= 4 is 17.5 Å². The molecule has 0 aliphatic carbocycles. The van der Waals surface area contributed by atoms with Crippen LogP contribution in [0.1, 0.15) is 21.7 Å². The molecule has 2 aromatic carbocycles. The molecule has 1 fully saturated rings. The van der Waals surface area contributed by atoms with Crippen molar-refractivity contribution in [3.05, 3.63) is 98.6 Å². The Balaban J connectivity index is 1.30. The fraction of sp³-hybridized carbons (Fsp3) is 0.250. The fourth-order valence-corrected chi connectivity index (χ4v) is 3.73. The Morgan fingerprint density at radius 1 is 1.00 bits per heavy atom. The molecular weight excluding hydrogens is 454 g/mol. The summed E-state index contributed by atoms with van der Waals surface area (Å²) in [6.45, 7) is 2.52. The maximum atomic E-state index is 13.5. The first-order valence-electron chi connectivity index (χ1n) is 10.3. The highest BCUT2D eigenvalue weighted by Crippen LogP contribution is 2.20. The van der Waals surface area contributed by atoms with Gasteiger partial charge in [0.05, 0.1) is 17.1 Å². The number of amides is 1. The van der Waals surface area contributed by atoms with Crippen LogP contribution >= 0.6 is 11.6 Å². The van der Waals surface area contributed by atoms with E-state index in [2.05, 4.69) is 0 Å². The first kappa shape index (κ1) is 22.9. The van der Waals surface area contributed by atoms with Crippen LogP contribution in [0.5, 0.6) is 5.75 Å². The minimum absolute atomic E-state index is 0.0745. The zero-order chi connectivity index (χ0) is 23.4. The van der Waals surface area contributed by atoms with Gasteiger partial charge in [0.25, 0.3) is 5.91 Å². The minimum Gasteiger partial charge on any atom is -0.482 e. The van der Waals surface area contributed by atoms with Crippen molar-refractivity contribution in [2.24, 2.45) is 0 Å². The molecule has 1 aliphatic rings. The quantitative estimate of drug-likeness (QED) is 0.538. The summed E-state index contributed by atoms with van der Waals surface area (Å²) in [6, 6.07) is 10.9. The molecule has 33 heavy (non-hydrogen) atoms. The van der Waals surface area contributed by atoms with E-state index in [0.29, 0.717) is 38.5 Å². The van der Waals surface area contributed by atoms with Gasteiger partial charge in [-0.3, -0.25) is 14.5 Å². The van der Waals surface area contributed by atoms with E-state index in [1.807, 2.05) is 4.90 Å². The number of nitrogens with zero attached hydrogens (tertiary/aromatic N) is 2. The molecule has 0 radical (unpaired) electrons. The number of ether oxygens (including phenoxy) is 1. The molecule has 0 saturated carbocycles.